The molecule has 3 heteroatoms. The van der Waals surface area contributed by atoms with Crippen molar-refractivity contribution in [3.05, 3.63) is 59.7 Å². The number of carbonyl (C=O) groups is 1. The van der Waals surface area contributed by atoms with Gasteiger partial charge in [-0.2, -0.15) is 0 Å². The Balaban J connectivity index is 2.29. The van der Waals surface area contributed by atoms with E-state index in [2.05, 4.69) is 0 Å². The molecule has 0 bridgehead atoms. The molecule has 0 saturated heterocycles. The van der Waals surface area contributed by atoms with Gasteiger partial charge >= 0.3 is 0 Å². The number of nitrogen functional groups attached to an aromatic ring is 1. The van der Waals surface area contributed by atoms with Crippen molar-refractivity contribution in [1.82, 2.24) is 0 Å². The largest absolute Gasteiger partial charge is 0.506 e. The highest BCUT2D eigenvalue weighted by atomic mass is 16.3. The number of carbonyl (C=O) groups excluding carboxylic acids is 1. The average Bonchev–Trinajstić information content (AvgIpc) is 2.41. The molecule has 0 radical (unpaired) electrons. The molecule has 0 aromatic heterocycles. The summed E-state index contributed by atoms with van der Waals surface area (Å²) < 4.78 is 0. The quantitative estimate of drug-likeness (QED) is 0.493. The summed E-state index contributed by atoms with van der Waals surface area (Å²) in [6.45, 7) is 1.86. The second-order valence-corrected chi connectivity index (χ2v) is 4.27. The first-order valence-electron chi connectivity index (χ1n) is 5.77. The second-order valence-electron chi connectivity index (χ2n) is 4.27. The summed E-state index contributed by atoms with van der Waals surface area (Å²) in [5.74, 6) is -0.234. The van der Waals surface area contributed by atoms with Crippen molar-refractivity contribution in [3.63, 3.8) is 0 Å². The molecule has 3 nitrogen and oxygen atoms in total. The number of aromatic hydroxyl groups is 1. The zero-order valence-electron chi connectivity index (χ0n) is 10.1. The fraction of sp³-hybridized carbons (Fsp3) is 0.133. The van der Waals surface area contributed by atoms with E-state index in [-0.39, 0.29) is 23.1 Å². The standard InChI is InChI=1S/C15H15NO2/c1-10(11-5-3-2-4-6-11)15(18)12-7-8-14(17)13(16)9-12/h2-10,17H,16H2,1H3. The Labute approximate surface area is 106 Å². The smallest absolute Gasteiger partial charge is 0.170 e. The minimum Gasteiger partial charge on any atom is -0.506 e. The molecular weight excluding hydrogens is 226 g/mol. The summed E-state index contributed by atoms with van der Waals surface area (Å²) in [7, 11) is 0. The molecule has 0 aliphatic rings. The normalized spacial score (nSPS) is 12.1. The van der Waals surface area contributed by atoms with Gasteiger partial charge in [-0.25, -0.2) is 0 Å². The Hall–Kier alpha value is -2.29. The van der Waals surface area contributed by atoms with Gasteiger partial charge < -0.3 is 10.8 Å². The third-order valence-corrected chi connectivity index (χ3v) is 3.00. The Bertz CT molecular complexity index is 564. The number of phenolic OH excluding ortho intramolecular Hbond substituents is 1. The first-order chi connectivity index (χ1) is 8.59. The lowest BCUT2D eigenvalue weighted by Gasteiger charge is -2.11. The lowest BCUT2D eigenvalue weighted by atomic mass is 9.92. The van der Waals surface area contributed by atoms with Crippen LogP contribution in [-0.2, 0) is 0 Å². The van der Waals surface area contributed by atoms with Crippen LogP contribution in [0.4, 0.5) is 5.69 Å². The molecule has 3 N–H and O–H groups in total. The van der Waals surface area contributed by atoms with Crippen LogP contribution in [0.3, 0.4) is 0 Å². The lowest BCUT2D eigenvalue weighted by molar-refractivity contribution is 0.0966. The summed E-state index contributed by atoms with van der Waals surface area (Å²) in [4.78, 5) is 12.3. The van der Waals surface area contributed by atoms with E-state index in [1.54, 1.807) is 6.07 Å². The Morgan fingerprint density at radius 1 is 1.17 bits per heavy atom. The Morgan fingerprint density at radius 2 is 1.83 bits per heavy atom. The van der Waals surface area contributed by atoms with Crippen LogP contribution < -0.4 is 5.73 Å². The molecule has 2 aromatic rings. The van der Waals surface area contributed by atoms with Gasteiger partial charge in [-0.1, -0.05) is 37.3 Å². The third-order valence-electron chi connectivity index (χ3n) is 3.00. The number of anilines is 1. The molecule has 2 aromatic carbocycles. The van der Waals surface area contributed by atoms with E-state index < -0.39 is 0 Å². The van der Waals surface area contributed by atoms with Crippen LogP contribution in [0, 0.1) is 0 Å². The molecule has 0 spiro atoms. The van der Waals surface area contributed by atoms with E-state index in [4.69, 9.17) is 5.73 Å². The van der Waals surface area contributed by atoms with Crippen LogP contribution in [0.25, 0.3) is 0 Å². The highest BCUT2D eigenvalue weighted by Crippen LogP contribution is 2.25. The number of benzene rings is 2. The number of hydrogen-bond donors (Lipinski definition) is 2. The maximum atomic E-state index is 12.3. The number of hydrogen-bond acceptors (Lipinski definition) is 3. The number of Topliss-reactive ketones (excluding diaryl/α,β-unsaturated/α-hetero) is 1. The zero-order chi connectivity index (χ0) is 13.1. The van der Waals surface area contributed by atoms with Gasteiger partial charge in [0.1, 0.15) is 5.75 Å². The topological polar surface area (TPSA) is 63.3 Å². The van der Waals surface area contributed by atoms with Crippen LogP contribution in [0.5, 0.6) is 5.75 Å². The van der Waals surface area contributed by atoms with Crippen molar-refractivity contribution in [3.8, 4) is 5.75 Å². The first-order valence-corrected chi connectivity index (χ1v) is 5.77. The SMILES string of the molecule is CC(C(=O)c1ccc(O)c(N)c1)c1ccccc1. The molecule has 92 valence electrons. The summed E-state index contributed by atoms with van der Waals surface area (Å²) in [5.41, 5.74) is 7.30. The van der Waals surface area contributed by atoms with Gasteiger partial charge in [0.25, 0.3) is 0 Å². The minimum absolute atomic E-state index is 0.00101. The van der Waals surface area contributed by atoms with Crippen LogP contribution in [0.2, 0.25) is 0 Å². The molecule has 0 amide bonds. The molecule has 0 saturated carbocycles. The van der Waals surface area contributed by atoms with Gasteiger partial charge in [0.05, 0.1) is 5.69 Å². The van der Waals surface area contributed by atoms with Crippen LogP contribution >= 0.6 is 0 Å². The number of phenols is 1. The molecule has 0 aliphatic carbocycles. The van der Waals surface area contributed by atoms with E-state index >= 15 is 0 Å². The minimum atomic E-state index is -0.227. The fourth-order valence-electron chi connectivity index (χ4n) is 1.85. The maximum Gasteiger partial charge on any atom is 0.170 e. The van der Waals surface area contributed by atoms with Gasteiger partial charge in [0.2, 0.25) is 0 Å². The predicted octanol–water partition coefficient (Wildman–Crippen LogP) is 2.96. The van der Waals surface area contributed by atoms with Gasteiger partial charge in [-0.3, -0.25) is 4.79 Å². The number of rotatable bonds is 3. The van der Waals surface area contributed by atoms with E-state index in [0.717, 1.165) is 5.56 Å². The van der Waals surface area contributed by atoms with E-state index in [1.165, 1.54) is 12.1 Å². The second kappa shape index (κ2) is 4.92. The summed E-state index contributed by atoms with van der Waals surface area (Å²) in [6.07, 6.45) is 0. The van der Waals surface area contributed by atoms with Crippen LogP contribution in [0.1, 0.15) is 28.8 Å². The van der Waals surface area contributed by atoms with E-state index in [0.29, 0.717) is 5.56 Å². The van der Waals surface area contributed by atoms with Crippen molar-refractivity contribution in [2.24, 2.45) is 0 Å². The molecule has 0 aliphatic heterocycles. The van der Waals surface area contributed by atoms with Crippen molar-refractivity contribution < 1.29 is 9.90 Å². The van der Waals surface area contributed by atoms with Gasteiger partial charge in [0.15, 0.2) is 5.78 Å². The van der Waals surface area contributed by atoms with Crippen molar-refractivity contribution in [2.45, 2.75) is 12.8 Å². The van der Waals surface area contributed by atoms with Gasteiger partial charge in [-0.05, 0) is 23.8 Å². The molecule has 18 heavy (non-hydrogen) atoms. The van der Waals surface area contributed by atoms with Crippen LogP contribution in [0.15, 0.2) is 48.5 Å². The van der Waals surface area contributed by atoms with Gasteiger partial charge in [0, 0.05) is 11.5 Å². The van der Waals surface area contributed by atoms with Gasteiger partial charge in [-0.15, -0.1) is 0 Å². The highest BCUT2D eigenvalue weighted by Gasteiger charge is 2.17. The molecule has 2 rings (SSSR count). The molecular formula is C15H15NO2. The average molecular weight is 241 g/mol. The molecule has 1 unspecified atom stereocenters. The van der Waals surface area contributed by atoms with Crippen molar-refractivity contribution in [2.75, 3.05) is 5.73 Å². The van der Waals surface area contributed by atoms with Crippen molar-refractivity contribution in [1.29, 1.82) is 0 Å². The van der Waals surface area contributed by atoms with E-state index in [1.807, 2.05) is 37.3 Å². The highest BCUT2D eigenvalue weighted by molar-refractivity contribution is 6.01. The molecule has 0 heterocycles. The summed E-state index contributed by atoms with van der Waals surface area (Å²) in [6, 6.07) is 14.1. The zero-order valence-corrected chi connectivity index (χ0v) is 10.1. The third kappa shape index (κ3) is 2.35. The molecule has 1 atom stereocenters. The maximum absolute atomic E-state index is 12.3. The van der Waals surface area contributed by atoms with Crippen LogP contribution in [-0.4, -0.2) is 10.9 Å². The number of ketones is 1. The monoisotopic (exact) mass is 241 g/mol. The summed E-state index contributed by atoms with van der Waals surface area (Å²) in [5, 5.41) is 9.34. The van der Waals surface area contributed by atoms with Crippen molar-refractivity contribution >= 4 is 11.5 Å². The first kappa shape index (κ1) is 12.2. The lowest BCUT2D eigenvalue weighted by Crippen LogP contribution is -2.09. The van der Waals surface area contributed by atoms with E-state index in [9.17, 15) is 9.90 Å². The fourth-order valence-corrected chi connectivity index (χ4v) is 1.85. The predicted molar refractivity (Wildman–Crippen MR) is 71.7 cm³/mol. The Morgan fingerprint density at radius 3 is 2.44 bits per heavy atom. The summed E-state index contributed by atoms with van der Waals surface area (Å²) >= 11 is 0. The Kier molecular flexibility index (Phi) is 3.33. The molecule has 0 fully saturated rings. The number of nitrogens with two attached hydrogens (primary N) is 1.